The summed E-state index contributed by atoms with van der Waals surface area (Å²) in [5.41, 5.74) is 3.00. The van der Waals surface area contributed by atoms with Crippen LogP contribution < -0.4 is 0 Å². The lowest BCUT2D eigenvalue weighted by molar-refractivity contribution is -0.113. The molecule has 0 saturated heterocycles. The van der Waals surface area contributed by atoms with E-state index in [1.165, 1.54) is 0 Å². The molecule has 0 unspecified atom stereocenters. The third-order valence-electron chi connectivity index (χ3n) is 2.16. The van der Waals surface area contributed by atoms with Gasteiger partial charge in [0.1, 0.15) is 0 Å². The molecule has 1 aromatic rings. The van der Waals surface area contributed by atoms with Gasteiger partial charge in [0, 0.05) is 6.42 Å². The fourth-order valence-corrected chi connectivity index (χ4v) is 1.52. The van der Waals surface area contributed by atoms with Crippen LogP contribution >= 0.6 is 0 Å². The first-order valence-corrected chi connectivity index (χ1v) is 4.25. The van der Waals surface area contributed by atoms with Crippen LogP contribution in [0.4, 0.5) is 0 Å². The molecule has 0 bridgehead atoms. The van der Waals surface area contributed by atoms with Crippen LogP contribution in [0.3, 0.4) is 0 Å². The van der Waals surface area contributed by atoms with Crippen LogP contribution in [0.5, 0.6) is 0 Å². The Hall–Kier alpha value is -1.63. The average molecular weight is 170 g/mol. The highest BCUT2D eigenvalue weighted by Gasteiger charge is 2.16. The molecule has 0 saturated carbocycles. The lowest BCUT2D eigenvalue weighted by atomic mass is 10.0. The average Bonchev–Trinajstić information content (AvgIpc) is 2.47. The Balaban J connectivity index is 2.43. The largest absolute Gasteiger partial charge is 0.294 e. The molecule has 0 radical (unpaired) electrons. The minimum Gasteiger partial charge on any atom is -0.294 e. The van der Waals surface area contributed by atoms with Crippen molar-refractivity contribution in [2.45, 2.75) is 6.42 Å². The topological polar surface area (TPSA) is 17.1 Å². The first-order valence-electron chi connectivity index (χ1n) is 4.25. The summed E-state index contributed by atoms with van der Waals surface area (Å²) in [5.74, 6) is 0.156. The molecule has 1 nitrogen and oxygen atoms in total. The maximum absolute atomic E-state index is 11.1. The van der Waals surface area contributed by atoms with Gasteiger partial charge in [0.2, 0.25) is 0 Å². The summed E-state index contributed by atoms with van der Waals surface area (Å²) >= 11 is 0. The summed E-state index contributed by atoms with van der Waals surface area (Å²) in [6, 6.07) is 9.88. The molecular formula is C12H10O. The van der Waals surface area contributed by atoms with Crippen molar-refractivity contribution < 1.29 is 4.79 Å². The van der Waals surface area contributed by atoms with E-state index in [1.807, 2.05) is 30.3 Å². The third-order valence-corrected chi connectivity index (χ3v) is 2.16. The van der Waals surface area contributed by atoms with E-state index >= 15 is 0 Å². The molecule has 2 rings (SSSR count). The number of benzene rings is 1. The van der Waals surface area contributed by atoms with Gasteiger partial charge in [-0.2, -0.15) is 0 Å². The lowest BCUT2D eigenvalue weighted by Gasteiger charge is -2.01. The van der Waals surface area contributed by atoms with Crippen molar-refractivity contribution in [3.8, 4) is 0 Å². The predicted octanol–water partition coefficient (Wildman–Crippen LogP) is 2.60. The lowest BCUT2D eigenvalue weighted by Crippen LogP contribution is -1.83. The van der Waals surface area contributed by atoms with Gasteiger partial charge in [-0.3, -0.25) is 4.79 Å². The van der Waals surface area contributed by atoms with Gasteiger partial charge in [0.05, 0.1) is 0 Å². The van der Waals surface area contributed by atoms with E-state index in [4.69, 9.17) is 0 Å². The van der Waals surface area contributed by atoms with Crippen LogP contribution in [-0.4, -0.2) is 5.78 Å². The molecular weight excluding hydrogens is 160 g/mol. The fourth-order valence-electron chi connectivity index (χ4n) is 1.52. The van der Waals surface area contributed by atoms with Gasteiger partial charge in [-0.05, 0) is 22.8 Å². The monoisotopic (exact) mass is 170 g/mol. The predicted molar refractivity (Wildman–Crippen MR) is 53.2 cm³/mol. The molecule has 0 aliphatic heterocycles. The van der Waals surface area contributed by atoms with Gasteiger partial charge < -0.3 is 0 Å². The van der Waals surface area contributed by atoms with E-state index in [-0.39, 0.29) is 5.78 Å². The molecule has 13 heavy (non-hydrogen) atoms. The molecule has 1 aromatic carbocycles. The summed E-state index contributed by atoms with van der Waals surface area (Å²) in [5, 5.41) is 0. The van der Waals surface area contributed by atoms with E-state index in [1.54, 1.807) is 6.08 Å². The second kappa shape index (κ2) is 3.02. The highest BCUT2D eigenvalue weighted by atomic mass is 16.1. The first-order chi connectivity index (χ1) is 6.27. The molecule has 1 aliphatic carbocycles. The minimum atomic E-state index is 0.156. The Morgan fingerprint density at radius 2 is 1.85 bits per heavy atom. The highest BCUT2D eigenvalue weighted by molar-refractivity contribution is 6.08. The van der Waals surface area contributed by atoms with Crippen LogP contribution in [0.1, 0.15) is 12.0 Å². The molecule has 1 heteroatoms. The van der Waals surface area contributed by atoms with Crippen molar-refractivity contribution in [3.63, 3.8) is 0 Å². The number of carbonyl (C=O) groups is 1. The summed E-state index contributed by atoms with van der Waals surface area (Å²) in [4.78, 5) is 11.1. The van der Waals surface area contributed by atoms with Crippen molar-refractivity contribution >= 4 is 11.4 Å². The quantitative estimate of drug-likeness (QED) is 0.633. The van der Waals surface area contributed by atoms with E-state index in [9.17, 15) is 4.79 Å². The molecule has 0 amide bonds. The number of rotatable bonds is 1. The Kier molecular flexibility index (Phi) is 1.85. The van der Waals surface area contributed by atoms with Crippen LogP contribution in [0.15, 0.2) is 48.6 Å². The van der Waals surface area contributed by atoms with Gasteiger partial charge in [0.25, 0.3) is 0 Å². The number of ketones is 1. The highest BCUT2D eigenvalue weighted by Crippen LogP contribution is 2.29. The second-order valence-electron chi connectivity index (χ2n) is 3.17. The zero-order valence-electron chi connectivity index (χ0n) is 7.29. The van der Waals surface area contributed by atoms with Crippen LogP contribution in [0, 0.1) is 0 Å². The van der Waals surface area contributed by atoms with Gasteiger partial charge in [-0.1, -0.05) is 36.9 Å². The maximum atomic E-state index is 11.1. The number of hydrogen-bond acceptors (Lipinski definition) is 1. The Morgan fingerprint density at radius 3 is 2.38 bits per heavy atom. The van der Waals surface area contributed by atoms with Gasteiger partial charge in [-0.25, -0.2) is 0 Å². The standard InChI is InChI=1S/C12H10O/c1-9-7-11(13)8-12(9)10-5-3-2-4-6-10/h2-6,8H,1,7H2. The zero-order valence-corrected chi connectivity index (χ0v) is 7.29. The number of hydrogen-bond donors (Lipinski definition) is 0. The van der Waals surface area contributed by atoms with E-state index < -0.39 is 0 Å². The van der Waals surface area contributed by atoms with Gasteiger partial charge in [0.15, 0.2) is 5.78 Å². The number of carbonyl (C=O) groups excluding carboxylic acids is 1. The SMILES string of the molecule is C=C1CC(=O)C=C1c1ccccc1. The van der Waals surface area contributed by atoms with Gasteiger partial charge >= 0.3 is 0 Å². The second-order valence-corrected chi connectivity index (χ2v) is 3.17. The van der Waals surface area contributed by atoms with E-state index in [0.717, 1.165) is 16.7 Å². The summed E-state index contributed by atoms with van der Waals surface area (Å²) in [6.07, 6.45) is 2.15. The van der Waals surface area contributed by atoms with Crippen molar-refractivity contribution in [2.75, 3.05) is 0 Å². The first kappa shape index (κ1) is 7.99. The van der Waals surface area contributed by atoms with Crippen molar-refractivity contribution in [3.05, 3.63) is 54.1 Å². The van der Waals surface area contributed by atoms with Gasteiger partial charge in [-0.15, -0.1) is 0 Å². The van der Waals surface area contributed by atoms with Crippen LogP contribution in [0.25, 0.3) is 5.57 Å². The van der Waals surface area contributed by atoms with Crippen LogP contribution in [-0.2, 0) is 4.79 Å². The van der Waals surface area contributed by atoms with E-state index in [0.29, 0.717) is 6.42 Å². The normalized spacial score (nSPS) is 16.2. The van der Waals surface area contributed by atoms with Crippen molar-refractivity contribution in [2.24, 2.45) is 0 Å². The molecule has 0 fully saturated rings. The van der Waals surface area contributed by atoms with Crippen molar-refractivity contribution in [1.82, 2.24) is 0 Å². The summed E-state index contributed by atoms with van der Waals surface area (Å²) in [6.45, 7) is 3.87. The van der Waals surface area contributed by atoms with Crippen LogP contribution in [0.2, 0.25) is 0 Å². The molecule has 0 N–H and O–H groups in total. The Labute approximate surface area is 77.4 Å². The molecule has 0 heterocycles. The number of allylic oxidation sites excluding steroid dienone is 3. The molecule has 0 aromatic heterocycles. The molecule has 64 valence electrons. The summed E-state index contributed by atoms with van der Waals surface area (Å²) < 4.78 is 0. The minimum absolute atomic E-state index is 0.156. The molecule has 0 spiro atoms. The molecule has 0 atom stereocenters. The maximum Gasteiger partial charge on any atom is 0.160 e. The fraction of sp³-hybridized carbons (Fsp3) is 0.0833. The zero-order chi connectivity index (χ0) is 9.26. The van der Waals surface area contributed by atoms with Crippen molar-refractivity contribution in [1.29, 1.82) is 0 Å². The Bertz CT molecular complexity index is 385. The summed E-state index contributed by atoms with van der Waals surface area (Å²) in [7, 11) is 0. The Morgan fingerprint density at radius 1 is 1.15 bits per heavy atom. The molecule has 1 aliphatic rings. The smallest absolute Gasteiger partial charge is 0.160 e. The van der Waals surface area contributed by atoms with E-state index in [2.05, 4.69) is 6.58 Å². The third kappa shape index (κ3) is 1.45.